The quantitative estimate of drug-likeness (QED) is 0.113. The highest BCUT2D eigenvalue weighted by Gasteiger charge is 2.32. The summed E-state index contributed by atoms with van der Waals surface area (Å²) in [6, 6.07) is 10.4. The third-order valence-electron chi connectivity index (χ3n) is 5.25. The predicted molar refractivity (Wildman–Crippen MR) is 137 cm³/mol. The van der Waals surface area contributed by atoms with E-state index in [0.717, 1.165) is 5.56 Å². The number of hydrogen-bond acceptors (Lipinski definition) is 10. The number of hydrazone groups is 1. The van der Waals surface area contributed by atoms with Crippen LogP contribution in [0.4, 0.5) is 4.79 Å². The largest absolute Gasteiger partial charge is 0.490 e. The van der Waals surface area contributed by atoms with Gasteiger partial charge in [0.25, 0.3) is 0 Å². The number of aliphatic hydroxyl groups excluding tert-OH is 1. The molecule has 1 heterocycles. The van der Waals surface area contributed by atoms with E-state index in [0.29, 0.717) is 35.1 Å². The van der Waals surface area contributed by atoms with Crippen LogP contribution in [0.1, 0.15) is 37.9 Å². The number of esters is 2. The number of rotatable bonds is 11. The van der Waals surface area contributed by atoms with E-state index in [4.69, 9.17) is 18.9 Å². The zero-order valence-electron chi connectivity index (χ0n) is 21.4. The lowest BCUT2D eigenvalue weighted by atomic mass is 9.95. The van der Waals surface area contributed by atoms with Crippen molar-refractivity contribution in [1.29, 1.82) is 0 Å². The number of allylic oxidation sites excluding steroid dienone is 1. The van der Waals surface area contributed by atoms with E-state index in [2.05, 4.69) is 21.2 Å². The third kappa shape index (κ3) is 7.46. The van der Waals surface area contributed by atoms with Crippen LogP contribution in [-0.2, 0) is 14.3 Å². The van der Waals surface area contributed by atoms with E-state index in [1.54, 1.807) is 56.3 Å². The molecule has 4 N–H and O–H groups in total. The number of ether oxygens (including phenoxy) is 4. The molecule has 0 saturated heterocycles. The Morgan fingerprint density at radius 2 is 1.89 bits per heavy atom. The van der Waals surface area contributed by atoms with Crippen LogP contribution in [0.2, 0.25) is 0 Å². The second-order valence-electron chi connectivity index (χ2n) is 8.08. The molecule has 12 heteroatoms. The van der Waals surface area contributed by atoms with Crippen LogP contribution < -0.4 is 30.3 Å². The molecular formula is C26H30N4O8. The summed E-state index contributed by atoms with van der Waals surface area (Å²) in [7, 11) is 1.27. The second kappa shape index (κ2) is 13.1. The van der Waals surface area contributed by atoms with Crippen molar-refractivity contribution in [2.75, 3.05) is 20.3 Å². The smallest absolute Gasteiger partial charge is 0.337 e. The molecule has 0 aromatic heterocycles. The molecule has 1 aliphatic rings. The van der Waals surface area contributed by atoms with Crippen LogP contribution in [-0.4, -0.2) is 55.8 Å². The zero-order valence-corrected chi connectivity index (χ0v) is 21.4. The molecule has 38 heavy (non-hydrogen) atoms. The third-order valence-corrected chi connectivity index (χ3v) is 5.25. The van der Waals surface area contributed by atoms with Crippen molar-refractivity contribution in [1.82, 2.24) is 16.1 Å². The monoisotopic (exact) mass is 526 g/mol. The number of urea groups is 1. The molecule has 0 spiro atoms. The molecule has 0 aliphatic carbocycles. The van der Waals surface area contributed by atoms with Crippen LogP contribution in [0.3, 0.4) is 0 Å². The molecule has 2 amide bonds. The van der Waals surface area contributed by atoms with E-state index < -0.39 is 30.2 Å². The lowest BCUT2D eigenvalue weighted by molar-refractivity contribution is -0.136. The number of carbonyl (C=O) groups excluding carboxylic acids is 3. The first kappa shape index (κ1) is 28.0. The van der Waals surface area contributed by atoms with Crippen molar-refractivity contribution in [3.05, 3.63) is 64.9 Å². The minimum atomic E-state index is -1.14. The van der Waals surface area contributed by atoms with Crippen LogP contribution >= 0.6 is 0 Å². The highest BCUT2D eigenvalue weighted by molar-refractivity contribution is 5.95. The van der Waals surface area contributed by atoms with E-state index in [9.17, 15) is 19.5 Å². The lowest BCUT2D eigenvalue weighted by Gasteiger charge is -2.28. The molecule has 202 valence electrons. The molecule has 0 bridgehead atoms. The van der Waals surface area contributed by atoms with Crippen LogP contribution in [0, 0.1) is 0 Å². The Labute approximate surface area is 219 Å². The first-order chi connectivity index (χ1) is 18.2. The summed E-state index contributed by atoms with van der Waals surface area (Å²) < 4.78 is 21.3. The van der Waals surface area contributed by atoms with Gasteiger partial charge in [0.05, 0.1) is 31.5 Å². The number of nitrogens with one attached hydrogen (secondary N) is 3. The highest BCUT2D eigenvalue weighted by Crippen LogP contribution is 2.34. The van der Waals surface area contributed by atoms with Gasteiger partial charge in [-0.1, -0.05) is 6.07 Å². The van der Waals surface area contributed by atoms with Crippen LogP contribution in [0.25, 0.3) is 0 Å². The van der Waals surface area contributed by atoms with Gasteiger partial charge in [-0.05, 0) is 61.4 Å². The summed E-state index contributed by atoms with van der Waals surface area (Å²) in [5, 5.41) is 19.5. The standard InChI is InChI=1S/C26H30N4O8/c1-5-36-21-12-18(24-23(25(33)35-4)15(2)28-26(34)29-24)8-11-20(21)37-14-22(32)30-27-13-17-6-9-19(10-7-17)38-16(3)31/h6-13,22,24,30,32H,5,14H2,1-4H3,(H2,28,29,34)/b27-13+/t22-,24+/m1/s1. The number of hydrogen-bond donors (Lipinski definition) is 4. The fraction of sp³-hybridized carbons (Fsp3) is 0.308. The summed E-state index contributed by atoms with van der Waals surface area (Å²) in [6.45, 7) is 4.92. The van der Waals surface area contributed by atoms with Gasteiger partial charge < -0.3 is 34.7 Å². The number of nitrogens with zero attached hydrogens (tertiary/aromatic N) is 1. The van der Waals surface area contributed by atoms with Crippen molar-refractivity contribution >= 4 is 24.2 Å². The van der Waals surface area contributed by atoms with Gasteiger partial charge in [0, 0.05) is 12.6 Å². The summed E-state index contributed by atoms with van der Waals surface area (Å²) in [6.07, 6.45) is 0.351. The van der Waals surface area contributed by atoms with Gasteiger partial charge in [-0.15, -0.1) is 0 Å². The van der Waals surface area contributed by atoms with Crippen LogP contribution in [0.15, 0.2) is 58.8 Å². The molecule has 3 rings (SSSR count). The molecular weight excluding hydrogens is 496 g/mol. The number of aliphatic hydroxyl groups is 1. The molecule has 0 unspecified atom stereocenters. The molecule has 12 nitrogen and oxygen atoms in total. The maximum Gasteiger partial charge on any atom is 0.337 e. The first-order valence-electron chi connectivity index (χ1n) is 11.7. The molecule has 0 radical (unpaired) electrons. The van der Waals surface area contributed by atoms with Gasteiger partial charge >= 0.3 is 18.0 Å². The summed E-state index contributed by atoms with van der Waals surface area (Å²) in [5.74, 6) is 0.148. The maximum absolute atomic E-state index is 12.4. The summed E-state index contributed by atoms with van der Waals surface area (Å²) in [5.41, 5.74) is 4.51. The predicted octanol–water partition coefficient (Wildman–Crippen LogP) is 2.13. The number of methoxy groups -OCH3 is 1. The van der Waals surface area contributed by atoms with Gasteiger partial charge in [-0.3, -0.25) is 10.2 Å². The van der Waals surface area contributed by atoms with Crippen molar-refractivity contribution < 1.29 is 38.4 Å². The minimum absolute atomic E-state index is 0.154. The Morgan fingerprint density at radius 3 is 2.55 bits per heavy atom. The van der Waals surface area contributed by atoms with Gasteiger partial charge in [0.15, 0.2) is 17.7 Å². The molecule has 2 atom stereocenters. The minimum Gasteiger partial charge on any atom is -0.490 e. The van der Waals surface area contributed by atoms with E-state index >= 15 is 0 Å². The number of carbonyl (C=O) groups is 3. The van der Waals surface area contributed by atoms with E-state index in [-0.39, 0.29) is 12.2 Å². The second-order valence-corrected chi connectivity index (χ2v) is 8.08. The van der Waals surface area contributed by atoms with E-state index in [1.807, 2.05) is 0 Å². The average Bonchev–Trinajstić information content (AvgIpc) is 2.88. The Bertz CT molecular complexity index is 1230. The fourth-order valence-electron chi connectivity index (χ4n) is 3.61. The Kier molecular flexibility index (Phi) is 9.66. The Morgan fingerprint density at radius 1 is 1.16 bits per heavy atom. The first-order valence-corrected chi connectivity index (χ1v) is 11.7. The normalized spacial score (nSPS) is 15.8. The van der Waals surface area contributed by atoms with Crippen molar-refractivity contribution in [3.63, 3.8) is 0 Å². The van der Waals surface area contributed by atoms with Gasteiger partial charge in [-0.25, -0.2) is 9.59 Å². The lowest BCUT2D eigenvalue weighted by Crippen LogP contribution is -2.45. The highest BCUT2D eigenvalue weighted by atomic mass is 16.5. The van der Waals surface area contributed by atoms with Crippen molar-refractivity contribution in [3.8, 4) is 17.2 Å². The topological polar surface area (TPSA) is 157 Å². The molecule has 0 fully saturated rings. The van der Waals surface area contributed by atoms with Crippen LogP contribution in [0.5, 0.6) is 17.2 Å². The number of amides is 2. The maximum atomic E-state index is 12.4. The summed E-state index contributed by atoms with van der Waals surface area (Å²) >= 11 is 0. The van der Waals surface area contributed by atoms with Crippen molar-refractivity contribution in [2.24, 2.45) is 5.10 Å². The van der Waals surface area contributed by atoms with Gasteiger partial charge in [0.2, 0.25) is 0 Å². The Balaban J connectivity index is 1.65. The fourth-order valence-corrected chi connectivity index (χ4v) is 3.61. The van der Waals surface area contributed by atoms with E-state index in [1.165, 1.54) is 20.2 Å². The van der Waals surface area contributed by atoms with Gasteiger partial charge in [0.1, 0.15) is 12.4 Å². The SMILES string of the molecule is CCOc1cc([C@@H]2NC(=O)NC(C)=C2C(=O)OC)ccc1OC[C@@H](O)N/N=C/c1ccc(OC(C)=O)cc1. The summed E-state index contributed by atoms with van der Waals surface area (Å²) in [4.78, 5) is 35.4. The van der Waals surface area contributed by atoms with Gasteiger partial charge in [-0.2, -0.15) is 5.10 Å². The Hall–Kier alpha value is -4.58. The zero-order chi connectivity index (χ0) is 27.7. The molecule has 1 aliphatic heterocycles. The van der Waals surface area contributed by atoms with Crippen molar-refractivity contribution in [2.45, 2.75) is 33.0 Å². The molecule has 0 saturated carbocycles. The molecule has 2 aromatic carbocycles. The molecule has 2 aromatic rings. The average molecular weight is 527 g/mol. The number of benzene rings is 2.